The molecule has 0 fully saturated rings. The number of thioether (sulfide) groups is 4. The van der Waals surface area contributed by atoms with Crippen molar-refractivity contribution in [1.29, 1.82) is 0 Å². The van der Waals surface area contributed by atoms with Gasteiger partial charge in [-0.1, -0.05) is 102 Å². The molecule has 0 radical (unpaired) electrons. The molecule has 0 saturated heterocycles. The van der Waals surface area contributed by atoms with Crippen molar-refractivity contribution >= 4 is 70.9 Å². The number of hydrogen-bond acceptors (Lipinski definition) is 5. The summed E-state index contributed by atoms with van der Waals surface area (Å²) in [6, 6.07) is 18.0. The number of fused-ring (bicyclic) bond motifs is 1. The van der Waals surface area contributed by atoms with E-state index < -0.39 is 7.14 Å². The molecule has 26 heavy (non-hydrogen) atoms. The largest absolute Gasteiger partial charge is 0.309 e. The second kappa shape index (κ2) is 6.88. The van der Waals surface area contributed by atoms with Gasteiger partial charge in [-0.3, -0.25) is 0 Å². The van der Waals surface area contributed by atoms with E-state index in [9.17, 15) is 4.57 Å². The molecule has 3 aliphatic rings. The molecule has 1 nitrogen and oxygen atoms in total. The highest BCUT2D eigenvalue weighted by Crippen LogP contribution is 2.65. The summed E-state index contributed by atoms with van der Waals surface area (Å²) in [6.07, 6.45) is 2.13. The highest BCUT2D eigenvalue weighted by atomic mass is 32.2. The lowest BCUT2D eigenvalue weighted by Crippen LogP contribution is -2.15. The second-order valence-corrected chi connectivity index (χ2v) is 12.8. The summed E-state index contributed by atoms with van der Waals surface area (Å²) >= 11 is 7.03. The standard InChI is InChI=1S/C20H13OPS4/c21-22(15-7-2-1-3-8-15)16-9-5-4-6-14(16)12-17(22)18-13-25-20(26-18)19-23-10-11-24-19/h1-13H. The van der Waals surface area contributed by atoms with Crippen molar-refractivity contribution in [2.75, 3.05) is 0 Å². The third-order valence-electron chi connectivity index (χ3n) is 4.33. The first-order valence-electron chi connectivity index (χ1n) is 8.02. The van der Waals surface area contributed by atoms with Gasteiger partial charge in [0.25, 0.3) is 0 Å². The van der Waals surface area contributed by atoms with Crippen LogP contribution >= 0.6 is 54.2 Å². The fourth-order valence-corrected chi connectivity index (χ4v) is 11.1. The molecule has 2 aromatic carbocycles. The molecule has 0 aliphatic carbocycles. The molecule has 3 heterocycles. The van der Waals surface area contributed by atoms with Crippen LogP contribution in [0.1, 0.15) is 5.56 Å². The van der Waals surface area contributed by atoms with Gasteiger partial charge in [0.15, 0.2) is 7.14 Å². The molecule has 1 unspecified atom stereocenters. The van der Waals surface area contributed by atoms with Gasteiger partial charge >= 0.3 is 0 Å². The fourth-order valence-electron chi connectivity index (χ4n) is 3.17. The first kappa shape index (κ1) is 17.2. The third-order valence-corrected chi connectivity index (χ3v) is 12.7. The molecule has 3 aliphatic heterocycles. The first-order chi connectivity index (χ1) is 12.8. The molecule has 0 amide bonds. The third kappa shape index (κ3) is 2.73. The molecule has 6 heteroatoms. The topological polar surface area (TPSA) is 17.1 Å². The van der Waals surface area contributed by atoms with E-state index in [0.717, 1.165) is 26.4 Å². The van der Waals surface area contributed by atoms with Crippen molar-refractivity contribution in [3.05, 3.63) is 95.1 Å². The molecule has 128 valence electrons. The van der Waals surface area contributed by atoms with E-state index in [1.54, 1.807) is 47.0 Å². The fraction of sp³-hybridized carbons (Fsp3) is 0. The summed E-state index contributed by atoms with van der Waals surface area (Å²) in [6.45, 7) is 0. The average molecular weight is 429 g/mol. The second-order valence-electron chi connectivity index (χ2n) is 5.82. The van der Waals surface area contributed by atoms with Crippen LogP contribution in [0.5, 0.6) is 0 Å². The van der Waals surface area contributed by atoms with E-state index in [0.29, 0.717) is 0 Å². The maximum atomic E-state index is 14.4. The maximum absolute atomic E-state index is 14.4. The van der Waals surface area contributed by atoms with Crippen molar-refractivity contribution in [1.82, 2.24) is 0 Å². The van der Waals surface area contributed by atoms with Crippen molar-refractivity contribution in [3.63, 3.8) is 0 Å². The van der Waals surface area contributed by atoms with Crippen molar-refractivity contribution in [3.8, 4) is 0 Å². The Bertz CT molecular complexity index is 1060. The molecule has 2 aromatic rings. The highest BCUT2D eigenvalue weighted by molar-refractivity contribution is 8.33. The Morgan fingerprint density at radius 1 is 0.769 bits per heavy atom. The average Bonchev–Trinajstić information content (AvgIpc) is 3.42. The van der Waals surface area contributed by atoms with Gasteiger partial charge in [0.05, 0.1) is 8.47 Å². The molecule has 1 atom stereocenters. The zero-order valence-electron chi connectivity index (χ0n) is 13.5. The number of rotatable bonds is 2. The molecule has 0 aromatic heterocycles. The Kier molecular flexibility index (Phi) is 4.54. The Morgan fingerprint density at radius 3 is 2.31 bits per heavy atom. The van der Waals surface area contributed by atoms with Crippen LogP contribution in [0.15, 0.2) is 89.5 Å². The van der Waals surface area contributed by atoms with Gasteiger partial charge in [-0.2, -0.15) is 0 Å². The van der Waals surface area contributed by atoms with Crippen LogP contribution in [0.25, 0.3) is 6.08 Å². The van der Waals surface area contributed by atoms with Gasteiger partial charge in [-0.25, -0.2) is 0 Å². The van der Waals surface area contributed by atoms with Crippen molar-refractivity contribution in [2.45, 2.75) is 0 Å². The molecule has 0 N–H and O–H groups in total. The van der Waals surface area contributed by atoms with Crippen LogP contribution in [-0.2, 0) is 4.57 Å². The summed E-state index contributed by atoms with van der Waals surface area (Å²) < 4.78 is 17.0. The van der Waals surface area contributed by atoms with E-state index in [2.05, 4.69) is 28.4 Å². The number of hydrogen-bond donors (Lipinski definition) is 0. The van der Waals surface area contributed by atoms with Crippen LogP contribution in [0.3, 0.4) is 0 Å². The van der Waals surface area contributed by atoms with Gasteiger partial charge in [-0.05, 0) is 27.9 Å². The summed E-state index contributed by atoms with van der Waals surface area (Å²) in [5.41, 5.74) is 1.08. The minimum Gasteiger partial charge on any atom is -0.309 e. The normalized spacial score (nSPS) is 24.0. The van der Waals surface area contributed by atoms with Crippen LogP contribution in [0.4, 0.5) is 0 Å². The zero-order chi connectivity index (χ0) is 17.6. The maximum Gasteiger partial charge on any atom is 0.172 e. The van der Waals surface area contributed by atoms with E-state index >= 15 is 0 Å². The Balaban J connectivity index is 1.61. The summed E-state index contributed by atoms with van der Waals surface area (Å²) in [5, 5.41) is 9.24. The quantitative estimate of drug-likeness (QED) is 0.490. The Morgan fingerprint density at radius 2 is 1.50 bits per heavy atom. The van der Waals surface area contributed by atoms with Crippen molar-refractivity contribution < 1.29 is 4.57 Å². The van der Waals surface area contributed by atoms with E-state index in [4.69, 9.17) is 0 Å². The Labute approximate surface area is 169 Å². The lowest BCUT2D eigenvalue weighted by Gasteiger charge is -2.19. The predicted molar refractivity (Wildman–Crippen MR) is 122 cm³/mol. The first-order valence-corrected chi connectivity index (χ1v) is 13.2. The smallest absolute Gasteiger partial charge is 0.172 e. The van der Waals surface area contributed by atoms with Gasteiger partial charge in [0.1, 0.15) is 0 Å². The number of allylic oxidation sites excluding steroid dienone is 1. The van der Waals surface area contributed by atoms with Gasteiger partial charge in [0.2, 0.25) is 0 Å². The lowest BCUT2D eigenvalue weighted by atomic mass is 10.2. The van der Waals surface area contributed by atoms with Crippen LogP contribution < -0.4 is 10.6 Å². The van der Waals surface area contributed by atoms with Crippen molar-refractivity contribution in [2.24, 2.45) is 0 Å². The molecule has 0 spiro atoms. The van der Waals surface area contributed by atoms with Gasteiger partial charge in [0, 0.05) is 20.8 Å². The molecule has 5 rings (SSSR count). The predicted octanol–water partition coefficient (Wildman–Crippen LogP) is 6.75. The summed E-state index contributed by atoms with van der Waals surface area (Å²) in [5.74, 6) is 0. The zero-order valence-corrected chi connectivity index (χ0v) is 17.7. The van der Waals surface area contributed by atoms with E-state index in [-0.39, 0.29) is 0 Å². The van der Waals surface area contributed by atoms with E-state index in [1.807, 2.05) is 48.5 Å². The lowest BCUT2D eigenvalue weighted by molar-refractivity contribution is 0.591. The molecular weight excluding hydrogens is 415 g/mol. The Hall–Kier alpha value is -0.970. The minimum atomic E-state index is -2.82. The minimum absolute atomic E-state index is 0.912. The highest BCUT2D eigenvalue weighted by Gasteiger charge is 2.41. The monoisotopic (exact) mass is 428 g/mol. The molecule has 0 saturated carbocycles. The summed E-state index contributed by atoms with van der Waals surface area (Å²) in [4.78, 5) is 1.12. The molecule has 0 bridgehead atoms. The SMILES string of the molecule is O=P1(c2ccccc2)C(C2=CSC(=C3SC=CS3)S2)=Cc2ccccc21. The molecular formula is C20H13OPS4. The summed E-state index contributed by atoms with van der Waals surface area (Å²) in [7, 11) is -2.82. The van der Waals surface area contributed by atoms with Crippen LogP contribution in [0, 0.1) is 0 Å². The van der Waals surface area contributed by atoms with Gasteiger partial charge in [-0.15, -0.1) is 0 Å². The van der Waals surface area contributed by atoms with Gasteiger partial charge < -0.3 is 4.57 Å². The van der Waals surface area contributed by atoms with E-state index in [1.165, 1.54) is 8.47 Å². The number of benzene rings is 2. The van der Waals surface area contributed by atoms with Crippen LogP contribution in [0.2, 0.25) is 0 Å². The van der Waals surface area contributed by atoms with Crippen LogP contribution in [-0.4, -0.2) is 0 Å².